The van der Waals surface area contributed by atoms with Crippen LogP contribution in [0.15, 0.2) is 24.3 Å². The van der Waals surface area contributed by atoms with Gasteiger partial charge >= 0.3 is 12.1 Å². The molecule has 0 aliphatic heterocycles. The van der Waals surface area contributed by atoms with Crippen LogP contribution >= 0.6 is 0 Å². The minimum absolute atomic E-state index is 0.419. The molecule has 0 aliphatic rings. The van der Waals surface area contributed by atoms with Crippen LogP contribution in [0, 0.1) is 6.92 Å². The van der Waals surface area contributed by atoms with Crippen molar-refractivity contribution in [2.45, 2.75) is 13.1 Å². The average molecular weight is 261 g/mol. The first-order valence-electron chi connectivity index (χ1n) is 4.89. The standard InChI is InChI=1S/C11H10F3NO3/c1-7-3-2-4-8(5-7)15-9(16)6-18-10(17)11(12,13)14/h2-5H,6H2,1H3,(H,15,16). The average Bonchev–Trinajstić information content (AvgIpc) is 2.24. The summed E-state index contributed by atoms with van der Waals surface area (Å²) in [5.41, 5.74) is 1.29. The van der Waals surface area contributed by atoms with Crippen molar-refractivity contribution < 1.29 is 27.5 Å². The van der Waals surface area contributed by atoms with Crippen molar-refractivity contribution in [2.75, 3.05) is 11.9 Å². The second-order valence-corrected chi connectivity index (χ2v) is 3.49. The zero-order valence-electron chi connectivity index (χ0n) is 9.38. The highest BCUT2D eigenvalue weighted by Crippen LogP contribution is 2.16. The lowest BCUT2D eigenvalue weighted by Crippen LogP contribution is -2.29. The number of aryl methyl sites for hydroxylation is 1. The lowest BCUT2D eigenvalue weighted by molar-refractivity contribution is -0.199. The highest BCUT2D eigenvalue weighted by atomic mass is 19.4. The Kier molecular flexibility index (Phi) is 4.30. The normalized spacial score (nSPS) is 10.9. The van der Waals surface area contributed by atoms with E-state index in [9.17, 15) is 22.8 Å². The van der Waals surface area contributed by atoms with Gasteiger partial charge in [-0.05, 0) is 24.6 Å². The first kappa shape index (κ1) is 14.0. The van der Waals surface area contributed by atoms with Crippen LogP contribution in [-0.2, 0) is 14.3 Å². The molecule has 0 fully saturated rings. The molecular weight excluding hydrogens is 251 g/mol. The van der Waals surface area contributed by atoms with E-state index in [4.69, 9.17) is 0 Å². The minimum atomic E-state index is -5.09. The molecule has 1 aromatic rings. The van der Waals surface area contributed by atoms with Crippen molar-refractivity contribution >= 4 is 17.6 Å². The molecule has 0 saturated heterocycles. The molecule has 1 amide bonds. The van der Waals surface area contributed by atoms with Crippen LogP contribution in [0.3, 0.4) is 0 Å². The highest BCUT2D eigenvalue weighted by Gasteiger charge is 2.41. The van der Waals surface area contributed by atoms with Crippen LogP contribution in [0.5, 0.6) is 0 Å². The maximum absolute atomic E-state index is 11.8. The number of ether oxygens (including phenoxy) is 1. The topological polar surface area (TPSA) is 55.4 Å². The molecule has 0 unspecified atom stereocenters. The lowest BCUT2D eigenvalue weighted by Gasteiger charge is -2.08. The van der Waals surface area contributed by atoms with E-state index in [0.717, 1.165) is 5.56 Å². The Morgan fingerprint density at radius 2 is 2.00 bits per heavy atom. The Labute approximate surface area is 101 Å². The van der Waals surface area contributed by atoms with Gasteiger partial charge in [0.2, 0.25) is 0 Å². The zero-order chi connectivity index (χ0) is 13.8. The van der Waals surface area contributed by atoms with Gasteiger partial charge in [-0.15, -0.1) is 0 Å². The lowest BCUT2D eigenvalue weighted by atomic mass is 10.2. The van der Waals surface area contributed by atoms with Gasteiger partial charge in [-0.25, -0.2) is 4.79 Å². The molecule has 0 saturated carbocycles. The van der Waals surface area contributed by atoms with Gasteiger partial charge in [0.25, 0.3) is 5.91 Å². The van der Waals surface area contributed by atoms with Crippen molar-refractivity contribution in [3.05, 3.63) is 29.8 Å². The molecule has 0 atom stereocenters. The second kappa shape index (κ2) is 5.52. The molecule has 98 valence electrons. The minimum Gasteiger partial charge on any atom is -0.449 e. The highest BCUT2D eigenvalue weighted by molar-refractivity contribution is 5.93. The summed E-state index contributed by atoms with van der Waals surface area (Å²) in [6, 6.07) is 6.66. The Morgan fingerprint density at radius 1 is 1.33 bits per heavy atom. The smallest absolute Gasteiger partial charge is 0.449 e. The first-order valence-corrected chi connectivity index (χ1v) is 4.89. The van der Waals surface area contributed by atoms with Crippen molar-refractivity contribution in [2.24, 2.45) is 0 Å². The first-order chi connectivity index (χ1) is 8.29. The molecule has 1 rings (SSSR count). The predicted octanol–water partition coefficient (Wildman–Crippen LogP) is 2.04. The third-order valence-electron chi connectivity index (χ3n) is 1.87. The number of esters is 1. The molecule has 0 aromatic heterocycles. The van der Waals surface area contributed by atoms with E-state index < -0.39 is 24.7 Å². The Bertz CT molecular complexity index is 457. The SMILES string of the molecule is Cc1cccc(NC(=O)COC(=O)C(F)(F)F)c1. The molecule has 0 aliphatic carbocycles. The summed E-state index contributed by atoms with van der Waals surface area (Å²) in [7, 11) is 0. The Morgan fingerprint density at radius 3 is 2.56 bits per heavy atom. The summed E-state index contributed by atoms with van der Waals surface area (Å²) in [4.78, 5) is 21.5. The molecule has 1 aromatic carbocycles. The molecular formula is C11H10F3NO3. The number of amides is 1. The number of carbonyl (C=O) groups is 2. The third-order valence-corrected chi connectivity index (χ3v) is 1.87. The molecule has 0 bridgehead atoms. The van der Waals surface area contributed by atoms with Crippen LogP contribution in [0.2, 0.25) is 0 Å². The zero-order valence-corrected chi connectivity index (χ0v) is 9.38. The van der Waals surface area contributed by atoms with E-state index >= 15 is 0 Å². The summed E-state index contributed by atoms with van der Waals surface area (Å²) < 4.78 is 39.1. The predicted molar refractivity (Wildman–Crippen MR) is 56.8 cm³/mol. The van der Waals surface area contributed by atoms with Gasteiger partial charge in [-0.2, -0.15) is 13.2 Å². The van der Waals surface area contributed by atoms with Gasteiger partial charge in [-0.1, -0.05) is 12.1 Å². The van der Waals surface area contributed by atoms with Crippen LogP contribution in [0.1, 0.15) is 5.56 Å². The van der Waals surface area contributed by atoms with Gasteiger partial charge in [0.05, 0.1) is 0 Å². The molecule has 4 nitrogen and oxygen atoms in total. The molecule has 0 heterocycles. The summed E-state index contributed by atoms with van der Waals surface area (Å²) in [6.45, 7) is 0.811. The molecule has 7 heteroatoms. The summed E-state index contributed by atoms with van der Waals surface area (Å²) >= 11 is 0. The van der Waals surface area contributed by atoms with E-state index in [1.54, 1.807) is 31.2 Å². The number of hydrogen-bond acceptors (Lipinski definition) is 3. The fourth-order valence-corrected chi connectivity index (χ4v) is 1.13. The van der Waals surface area contributed by atoms with Gasteiger partial charge in [-0.3, -0.25) is 4.79 Å². The van der Waals surface area contributed by atoms with Crippen molar-refractivity contribution in [3.8, 4) is 0 Å². The number of rotatable bonds is 3. The number of nitrogens with one attached hydrogen (secondary N) is 1. The molecule has 1 N–H and O–H groups in total. The maximum atomic E-state index is 11.8. The van der Waals surface area contributed by atoms with E-state index in [-0.39, 0.29) is 0 Å². The van der Waals surface area contributed by atoms with Crippen LogP contribution in [0.25, 0.3) is 0 Å². The summed E-state index contributed by atoms with van der Waals surface area (Å²) in [5, 5.41) is 2.31. The number of halogens is 3. The largest absolute Gasteiger partial charge is 0.490 e. The van der Waals surface area contributed by atoms with E-state index in [2.05, 4.69) is 10.1 Å². The van der Waals surface area contributed by atoms with Crippen LogP contribution < -0.4 is 5.32 Å². The quantitative estimate of drug-likeness (QED) is 0.847. The number of alkyl halides is 3. The van der Waals surface area contributed by atoms with Gasteiger partial charge in [0.1, 0.15) is 0 Å². The maximum Gasteiger partial charge on any atom is 0.490 e. The number of benzene rings is 1. The van der Waals surface area contributed by atoms with Gasteiger partial charge in [0.15, 0.2) is 6.61 Å². The molecule has 0 radical (unpaired) electrons. The van der Waals surface area contributed by atoms with E-state index in [0.29, 0.717) is 5.69 Å². The van der Waals surface area contributed by atoms with Crippen LogP contribution in [0.4, 0.5) is 18.9 Å². The van der Waals surface area contributed by atoms with E-state index in [1.165, 1.54) is 0 Å². The third kappa shape index (κ3) is 4.44. The van der Waals surface area contributed by atoms with E-state index in [1.807, 2.05) is 0 Å². The second-order valence-electron chi connectivity index (χ2n) is 3.49. The number of anilines is 1. The van der Waals surface area contributed by atoms with Crippen molar-refractivity contribution in [3.63, 3.8) is 0 Å². The Hall–Kier alpha value is -2.05. The van der Waals surface area contributed by atoms with Gasteiger partial charge in [0, 0.05) is 5.69 Å². The monoisotopic (exact) mass is 261 g/mol. The fourth-order valence-electron chi connectivity index (χ4n) is 1.13. The van der Waals surface area contributed by atoms with Gasteiger partial charge < -0.3 is 10.1 Å². The van der Waals surface area contributed by atoms with Crippen LogP contribution in [-0.4, -0.2) is 24.7 Å². The summed E-state index contributed by atoms with van der Waals surface area (Å²) in [5.74, 6) is -3.22. The Balaban J connectivity index is 2.46. The number of carbonyl (C=O) groups excluding carboxylic acids is 2. The molecule has 0 spiro atoms. The molecule has 18 heavy (non-hydrogen) atoms. The number of hydrogen-bond donors (Lipinski definition) is 1. The fraction of sp³-hybridized carbons (Fsp3) is 0.273. The summed E-state index contributed by atoms with van der Waals surface area (Å²) in [6.07, 6.45) is -5.09. The van der Waals surface area contributed by atoms with Crippen molar-refractivity contribution in [1.29, 1.82) is 0 Å². The van der Waals surface area contributed by atoms with Crippen molar-refractivity contribution in [1.82, 2.24) is 0 Å².